The van der Waals surface area contributed by atoms with Crippen molar-refractivity contribution in [3.8, 4) is 0 Å². The van der Waals surface area contributed by atoms with Crippen LogP contribution in [0.5, 0.6) is 0 Å². The van der Waals surface area contributed by atoms with Crippen molar-refractivity contribution in [3.05, 3.63) is 0 Å². The fraction of sp³-hybridized carbons (Fsp3) is 0.900. The van der Waals surface area contributed by atoms with Gasteiger partial charge in [0.2, 0.25) is 0 Å². The number of ether oxygens (including phenoxy) is 1. The molecule has 0 fully saturated rings. The molecule has 3 nitrogen and oxygen atoms in total. The Morgan fingerprint density at radius 3 is 2.54 bits per heavy atom. The third kappa shape index (κ3) is 5.64. The Morgan fingerprint density at radius 1 is 1.46 bits per heavy atom. The van der Waals surface area contributed by atoms with Crippen molar-refractivity contribution in [1.82, 2.24) is 0 Å². The fourth-order valence-electron chi connectivity index (χ4n) is 0.911. The summed E-state index contributed by atoms with van der Waals surface area (Å²) in [6.07, 6.45) is 3.60. The molecule has 0 unspecified atom stereocenters. The molecular formula is C10H21NO2. The lowest BCUT2D eigenvalue weighted by molar-refractivity contribution is -0.150. The highest BCUT2D eigenvalue weighted by Gasteiger charge is 2.16. The van der Waals surface area contributed by atoms with Crippen molar-refractivity contribution in [2.45, 2.75) is 58.6 Å². The number of hydrogen-bond donors (Lipinski definition) is 1. The maximum atomic E-state index is 11.3. The summed E-state index contributed by atoms with van der Waals surface area (Å²) >= 11 is 0. The van der Waals surface area contributed by atoms with Crippen molar-refractivity contribution in [2.24, 2.45) is 5.73 Å². The first kappa shape index (κ1) is 12.4. The van der Waals surface area contributed by atoms with Crippen molar-refractivity contribution < 1.29 is 9.53 Å². The van der Waals surface area contributed by atoms with Crippen molar-refractivity contribution >= 4 is 5.97 Å². The standard InChI is InChI=1S/C10H21NO2/c1-4-6-7-9(11)10(12)13-8(3)5-2/h8-9H,4-7,11H2,1-3H3/t8-,9-/m0/s1. The summed E-state index contributed by atoms with van der Waals surface area (Å²) in [5.74, 6) is -0.261. The van der Waals surface area contributed by atoms with Crippen LogP contribution in [0.15, 0.2) is 0 Å². The molecule has 0 aromatic rings. The van der Waals surface area contributed by atoms with E-state index in [0.29, 0.717) is 0 Å². The Bertz CT molecular complexity index is 148. The monoisotopic (exact) mass is 187 g/mol. The first-order chi connectivity index (χ1) is 6.11. The third-order valence-corrected chi connectivity index (χ3v) is 2.06. The number of esters is 1. The van der Waals surface area contributed by atoms with Crippen LogP contribution in [0.25, 0.3) is 0 Å². The molecule has 13 heavy (non-hydrogen) atoms. The van der Waals surface area contributed by atoms with Gasteiger partial charge in [-0.1, -0.05) is 26.7 Å². The summed E-state index contributed by atoms with van der Waals surface area (Å²) in [5, 5.41) is 0. The molecule has 0 spiro atoms. The summed E-state index contributed by atoms with van der Waals surface area (Å²) in [7, 11) is 0. The zero-order valence-corrected chi connectivity index (χ0v) is 8.88. The van der Waals surface area contributed by atoms with Crippen LogP contribution in [0.1, 0.15) is 46.5 Å². The van der Waals surface area contributed by atoms with Gasteiger partial charge in [0.1, 0.15) is 6.04 Å². The number of nitrogens with two attached hydrogens (primary N) is 1. The van der Waals surface area contributed by atoms with Crippen LogP contribution in [0.4, 0.5) is 0 Å². The molecule has 0 aromatic carbocycles. The highest BCUT2D eigenvalue weighted by Crippen LogP contribution is 2.03. The molecule has 0 saturated carbocycles. The van der Waals surface area contributed by atoms with Gasteiger partial charge < -0.3 is 10.5 Å². The van der Waals surface area contributed by atoms with E-state index in [0.717, 1.165) is 25.7 Å². The minimum absolute atomic E-state index is 0.0137. The van der Waals surface area contributed by atoms with Crippen LogP contribution in [-0.2, 0) is 9.53 Å². The second-order valence-electron chi connectivity index (χ2n) is 3.40. The minimum atomic E-state index is -0.436. The quantitative estimate of drug-likeness (QED) is 0.645. The van der Waals surface area contributed by atoms with Crippen LogP contribution >= 0.6 is 0 Å². The number of rotatable bonds is 6. The first-order valence-corrected chi connectivity index (χ1v) is 5.07. The van der Waals surface area contributed by atoms with Crippen LogP contribution < -0.4 is 5.73 Å². The molecule has 78 valence electrons. The molecule has 3 heteroatoms. The summed E-state index contributed by atoms with van der Waals surface area (Å²) in [4.78, 5) is 11.3. The lowest BCUT2D eigenvalue weighted by atomic mass is 10.1. The van der Waals surface area contributed by atoms with E-state index in [1.165, 1.54) is 0 Å². The van der Waals surface area contributed by atoms with Crippen LogP contribution in [-0.4, -0.2) is 18.1 Å². The van der Waals surface area contributed by atoms with Crippen molar-refractivity contribution in [1.29, 1.82) is 0 Å². The van der Waals surface area contributed by atoms with Gasteiger partial charge in [-0.25, -0.2) is 0 Å². The molecule has 0 bridgehead atoms. The fourth-order valence-corrected chi connectivity index (χ4v) is 0.911. The second kappa shape index (κ2) is 6.89. The summed E-state index contributed by atoms with van der Waals surface area (Å²) in [5.41, 5.74) is 5.63. The Balaban J connectivity index is 3.68. The average molecular weight is 187 g/mol. The lowest BCUT2D eigenvalue weighted by Crippen LogP contribution is -2.34. The van der Waals surface area contributed by atoms with E-state index >= 15 is 0 Å². The molecule has 0 radical (unpaired) electrons. The van der Waals surface area contributed by atoms with Gasteiger partial charge in [-0.15, -0.1) is 0 Å². The smallest absolute Gasteiger partial charge is 0.323 e. The van der Waals surface area contributed by atoms with Crippen molar-refractivity contribution in [3.63, 3.8) is 0 Å². The first-order valence-electron chi connectivity index (χ1n) is 5.07. The molecule has 0 amide bonds. The van der Waals surface area contributed by atoms with Crippen LogP contribution in [0.3, 0.4) is 0 Å². The topological polar surface area (TPSA) is 52.3 Å². The van der Waals surface area contributed by atoms with E-state index in [1.54, 1.807) is 0 Å². The van der Waals surface area contributed by atoms with Gasteiger partial charge in [0.05, 0.1) is 6.10 Å². The largest absolute Gasteiger partial charge is 0.462 e. The summed E-state index contributed by atoms with van der Waals surface area (Å²) in [6.45, 7) is 5.94. The Kier molecular flexibility index (Phi) is 6.59. The highest BCUT2D eigenvalue weighted by molar-refractivity contribution is 5.75. The van der Waals surface area contributed by atoms with Gasteiger partial charge in [0.15, 0.2) is 0 Å². The highest BCUT2D eigenvalue weighted by atomic mass is 16.5. The van der Waals surface area contributed by atoms with E-state index < -0.39 is 6.04 Å². The summed E-state index contributed by atoms with van der Waals surface area (Å²) < 4.78 is 5.09. The number of hydrogen-bond acceptors (Lipinski definition) is 3. The molecule has 0 aliphatic carbocycles. The van der Waals surface area contributed by atoms with Gasteiger partial charge in [0, 0.05) is 0 Å². The molecule has 0 aliphatic rings. The number of unbranched alkanes of at least 4 members (excludes halogenated alkanes) is 1. The Labute approximate surface area is 80.6 Å². The zero-order valence-electron chi connectivity index (χ0n) is 8.88. The SMILES string of the molecule is CCCC[C@H](N)C(=O)O[C@@H](C)CC. The van der Waals surface area contributed by atoms with E-state index in [2.05, 4.69) is 6.92 Å². The van der Waals surface area contributed by atoms with Crippen LogP contribution in [0, 0.1) is 0 Å². The van der Waals surface area contributed by atoms with E-state index in [4.69, 9.17) is 10.5 Å². The van der Waals surface area contributed by atoms with Crippen molar-refractivity contribution in [2.75, 3.05) is 0 Å². The molecular weight excluding hydrogens is 166 g/mol. The second-order valence-corrected chi connectivity index (χ2v) is 3.40. The predicted molar refractivity (Wildman–Crippen MR) is 53.3 cm³/mol. The normalized spacial score (nSPS) is 15.1. The molecule has 0 aliphatic heterocycles. The predicted octanol–water partition coefficient (Wildman–Crippen LogP) is 1.85. The van der Waals surface area contributed by atoms with Gasteiger partial charge >= 0.3 is 5.97 Å². The molecule has 0 saturated heterocycles. The maximum Gasteiger partial charge on any atom is 0.323 e. The van der Waals surface area contributed by atoms with Gasteiger partial charge in [-0.05, 0) is 19.8 Å². The minimum Gasteiger partial charge on any atom is -0.462 e. The Morgan fingerprint density at radius 2 is 2.08 bits per heavy atom. The molecule has 0 heterocycles. The zero-order chi connectivity index (χ0) is 10.3. The van der Waals surface area contributed by atoms with Gasteiger partial charge in [-0.3, -0.25) is 4.79 Å². The van der Waals surface area contributed by atoms with E-state index in [-0.39, 0.29) is 12.1 Å². The maximum absolute atomic E-state index is 11.3. The molecule has 0 aromatic heterocycles. The number of carbonyl (C=O) groups excluding carboxylic acids is 1. The number of carbonyl (C=O) groups is 1. The Hall–Kier alpha value is -0.570. The molecule has 2 N–H and O–H groups in total. The van der Waals surface area contributed by atoms with Gasteiger partial charge in [0.25, 0.3) is 0 Å². The molecule has 0 rings (SSSR count). The third-order valence-electron chi connectivity index (χ3n) is 2.06. The molecule has 2 atom stereocenters. The summed E-state index contributed by atoms with van der Waals surface area (Å²) in [6, 6.07) is -0.436. The average Bonchev–Trinajstić information content (AvgIpc) is 2.13. The van der Waals surface area contributed by atoms with Gasteiger partial charge in [-0.2, -0.15) is 0 Å². The van der Waals surface area contributed by atoms with Crippen LogP contribution in [0.2, 0.25) is 0 Å². The van der Waals surface area contributed by atoms with E-state index in [1.807, 2.05) is 13.8 Å². The van der Waals surface area contributed by atoms with E-state index in [9.17, 15) is 4.79 Å². The lowest BCUT2D eigenvalue weighted by Gasteiger charge is -2.14.